The molecule has 0 radical (unpaired) electrons. The van der Waals surface area contributed by atoms with Crippen LogP contribution in [0.1, 0.15) is 36.0 Å². The molecule has 1 aliphatic rings. The molecule has 1 amide bonds. The molecule has 2 aromatic carbocycles. The molecule has 0 bridgehead atoms. The Morgan fingerprint density at radius 1 is 1.14 bits per heavy atom. The summed E-state index contributed by atoms with van der Waals surface area (Å²) in [5.74, 6) is 1.14. The van der Waals surface area contributed by atoms with Crippen molar-refractivity contribution < 1.29 is 9.53 Å². The Labute approximate surface area is 176 Å². The number of carbonyl (C=O) groups excluding carboxylic acids is 1. The van der Waals surface area contributed by atoms with Crippen molar-refractivity contribution in [2.45, 2.75) is 39.3 Å². The van der Waals surface area contributed by atoms with E-state index in [2.05, 4.69) is 24.0 Å². The molecule has 3 aromatic rings. The summed E-state index contributed by atoms with van der Waals surface area (Å²) in [7, 11) is 1.65. The van der Waals surface area contributed by atoms with Gasteiger partial charge in [-0.2, -0.15) is 0 Å². The van der Waals surface area contributed by atoms with Crippen molar-refractivity contribution in [2.75, 3.05) is 7.11 Å². The van der Waals surface area contributed by atoms with E-state index in [9.17, 15) is 4.79 Å². The number of hydrogen-bond acceptors (Lipinski definition) is 3. The van der Waals surface area contributed by atoms with E-state index in [0.29, 0.717) is 18.2 Å². The van der Waals surface area contributed by atoms with Gasteiger partial charge in [0.05, 0.1) is 12.6 Å². The Balaban J connectivity index is 1.62. The van der Waals surface area contributed by atoms with E-state index in [1.165, 1.54) is 5.56 Å². The van der Waals surface area contributed by atoms with Crippen LogP contribution in [-0.2, 0) is 17.9 Å². The predicted octanol–water partition coefficient (Wildman–Crippen LogP) is 5.53. The Hall–Kier alpha value is -2.59. The first-order chi connectivity index (χ1) is 14.0. The topological polar surface area (TPSA) is 42.4 Å². The lowest BCUT2D eigenvalue weighted by Gasteiger charge is -2.32. The molecule has 29 heavy (non-hydrogen) atoms. The van der Waals surface area contributed by atoms with Gasteiger partial charge < -0.3 is 9.64 Å². The van der Waals surface area contributed by atoms with Gasteiger partial charge in [-0.3, -0.25) is 4.79 Å². The number of amides is 1. The molecule has 0 spiro atoms. The molecule has 150 valence electrons. The highest BCUT2D eigenvalue weighted by atomic mass is 35.5. The van der Waals surface area contributed by atoms with Gasteiger partial charge in [-0.25, -0.2) is 4.98 Å². The number of carbonyl (C=O) groups is 1. The molecule has 1 aliphatic carbocycles. The van der Waals surface area contributed by atoms with Gasteiger partial charge in [-0.15, -0.1) is 0 Å². The fourth-order valence-electron chi connectivity index (χ4n) is 3.71. The summed E-state index contributed by atoms with van der Waals surface area (Å²) in [5, 5.41) is 1.51. The second-order valence-corrected chi connectivity index (χ2v) is 8.16. The van der Waals surface area contributed by atoms with Gasteiger partial charge in [-0.05, 0) is 55.7 Å². The molecule has 0 unspecified atom stereocenters. The van der Waals surface area contributed by atoms with Gasteiger partial charge in [0.15, 0.2) is 0 Å². The molecule has 0 atom stereocenters. The normalized spacial score (nSPS) is 13.9. The summed E-state index contributed by atoms with van der Waals surface area (Å²) >= 11 is 6.50. The zero-order valence-corrected chi connectivity index (χ0v) is 17.6. The van der Waals surface area contributed by atoms with Crippen LogP contribution >= 0.6 is 11.6 Å². The van der Waals surface area contributed by atoms with Crippen molar-refractivity contribution in [3.8, 4) is 5.75 Å². The fraction of sp³-hybridized carbons (Fsp3) is 0.333. The minimum absolute atomic E-state index is 0.127. The van der Waals surface area contributed by atoms with Crippen molar-refractivity contribution >= 4 is 28.4 Å². The lowest BCUT2D eigenvalue weighted by Crippen LogP contribution is -2.38. The summed E-state index contributed by atoms with van der Waals surface area (Å²) in [6, 6.07) is 16.0. The third-order valence-corrected chi connectivity index (χ3v) is 5.98. The molecule has 0 aliphatic heterocycles. The largest absolute Gasteiger partial charge is 0.497 e. The van der Waals surface area contributed by atoms with Crippen LogP contribution in [0.15, 0.2) is 48.5 Å². The van der Waals surface area contributed by atoms with Crippen LogP contribution in [0.4, 0.5) is 0 Å². The number of benzene rings is 2. The lowest BCUT2D eigenvalue weighted by molar-refractivity contribution is -0.139. The highest BCUT2D eigenvalue weighted by Crippen LogP contribution is 2.31. The average Bonchev–Trinajstić information content (AvgIpc) is 2.67. The SMILES string of the molecule is COc1ccc(CN(Cc2cc3cc(C)ccc3nc2Cl)C(=O)C2CCC2)cc1. The van der Waals surface area contributed by atoms with Gasteiger partial charge in [0, 0.05) is 30.0 Å². The number of halogens is 1. The monoisotopic (exact) mass is 408 g/mol. The van der Waals surface area contributed by atoms with E-state index in [0.717, 1.165) is 47.0 Å². The number of aryl methyl sites for hydroxylation is 1. The van der Waals surface area contributed by atoms with Gasteiger partial charge in [0.1, 0.15) is 10.9 Å². The number of rotatable bonds is 6. The maximum Gasteiger partial charge on any atom is 0.226 e. The van der Waals surface area contributed by atoms with Crippen molar-refractivity contribution in [3.05, 3.63) is 70.4 Å². The van der Waals surface area contributed by atoms with Crippen molar-refractivity contribution in [1.29, 1.82) is 0 Å². The number of ether oxygens (including phenoxy) is 1. The highest BCUT2D eigenvalue weighted by Gasteiger charge is 2.30. The Kier molecular flexibility index (Phi) is 5.72. The van der Waals surface area contributed by atoms with E-state index in [4.69, 9.17) is 16.3 Å². The molecule has 1 saturated carbocycles. The van der Waals surface area contributed by atoms with E-state index in [-0.39, 0.29) is 11.8 Å². The van der Waals surface area contributed by atoms with E-state index < -0.39 is 0 Å². The number of methoxy groups -OCH3 is 1. The number of pyridine rings is 1. The van der Waals surface area contributed by atoms with Crippen LogP contribution in [0.3, 0.4) is 0 Å². The van der Waals surface area contributed by atoms with Crippen molar-refractivity contribution in [3.63, 3.8) is 0 Å². The molecule has 5 heteroatoms. The Morgan fingerprint density at radius 2 is 1.90 bits per heavy atom. The molecule has 1 heterocycles. The van der Waals surface area contributed by atoms with Crippen LogP contribution < -0.4 is 4.74 Å². The quantitative estimate of drug-likeness (QED) is 0.503. The molecule has 0 N–H and O–H groups in total. The highest BCUT2D eigenvalue weighted by molar-refractivity contribution is 6.30. The number of hydrogen-bond donors (Lipinski definition) is 0. The Bertz CT molecular complexity index is 1030. The maximum atomic E-state index is 13.1. The molecule has 1 aromatic heterocycles. The van der Waals surface area contributed by atoms with Crippen LogP contribution in [0.2, 0.25) is 5.15 Å². The molecular formula is C24H25ClN2O2. The van der Waals surface area contributed by atoms with Gasteiger partial charge >= 0.3 is 0 Å². The lowest BCUT2D eigenvalue weighted by atomic mass is 9.84. The van der Waals surface area contributed by atoms with Crippen molar-refractivity contribution in [1.82, 2.24) is 9.88 Å². The third-order valence-electron chi connectivity index (χ3n) is 5.66. The number of nitrogens with zero attached hydrogens (tertiary/aromatic N) is 2. The first-order valence-corrected chi connectivity index (χ1v) is 10.4. The zero-order valence-electron chi connectivity index (χ0n) is 16.8. The van der Waals surface area contributed by atoms with Crippen LogP contribution in [0.5, 0.6) is 5.75 Å². The summed E-state index contributed by atoms with van der Waals surface area (Å²) in [5.41, 5.74) is 4.00. The smallest absolute Gasteiger partial charge is 0.226 e. The first kappa shape index (κ1) is 19.7. The van der Waals surface area contributed by atoms with Crippen LogP contribution in [0, 0.1) is 12.8 Å². The summed E-state index contributed by atoms with van der Waals surface area (Å²) in [4.78, 5) is 19.6. The fourth-order valence-corrected chi connectivity index (χ4v) is 3.91. The second-order valence-electron chi connectivity index (χ2n) is 7.80. The minimum Gasteiger partial charge on any atom is -0.497 e. The van der Waals surface area contributed by atoms with Crippen molar-refractivity contribution in [2.24, 2.45) is 5.92 Å². The van der Waals surface area contributed by atoms with Gasteiger partial charge in [0.2, 0.25) is 5.91 Å². The second kappa shape index (κ2) is 8.42. The third kappa shape index (κ3) is 4.38. The average molecular weight is 409 g/mol. The standard InChI is InChI=1S/C24H25ClN2O2/c1-16-6-11-22-19(12-16)13-20(23(25)26-22)15-27(24(28)18-4-3-5-18)14-17-7-9-21(29-2)10-8-17/h6-13,18H,3-5,14-15H2,1-2H3. The summed E-state index contributed by atoms with van der Waals surface area (Å²) < 4.78 is 5.24. The summed E-state index contributed by atoms with van der Waals surface area (Å²) in [6.45, 7) is 3.06. The predicted molar refractivity (Wildman–Crippen MR) is 116 cm³/mol. The molecule has 4 rings (SSSR count). The molecule has 1 fully saturated rings. The van der Waals surface area contributed by atoms with Crippen LogP contribution in [-0.4, -0.2) is 22.9 Å². The van der Waals surface area contributed by atoms with Crippen LogP contribution in [0.25, 0.3) is 10.9 Å². The summed E-state index contributed by atoms with van der Waals surface area (Å²) in [6.07, 6.45) is 3.08. The first-order valence-electron chi connectivity index (χ1n) is 10.0. The minimum atomic E-state index is 0.127. The zero-order chi connectivity index (χ0) is 20.4. The van der Waals surface area contributed by atoms with E-state index in [1.54, 1.807) is 7.11 Å². The van der Waals surface area contributed by atoms with E-state index in [1.807, 2.05) is 41.3 Å². The molecular weight excluding hydrogens is 384 g/mol. The van der Waals surface area contributed by atoms with Gasteiger partial charge in [-0.1, -0.05) is 41.8 Å². The Morgan fingerprint density at radius 3 is 2.55 bits per heavy atom. The number of aromatic nitrogens is 1. The van der Waals surface area contributed by atoms with Gasteiger partial charge in [0.25, 0.3) is 0 Å². The number of fused-ring (bicyclic) bond motifs is 1. The van der Waals surface area contributed by atoms with E-state index >= 15 is 0 Å². The maximum absolute atomic E-state index is 13.1. The molecule has 0 saturated heterocycles. The molecule has 4 nitrogen and oxygen atoms in total.